The average molecular weight is 422 g/mol. The van der Waals surface area contributed by atoms with E-state index < -0.39 is 10.0 Å². The lowest BCUT2D eigenvalue weighted by Crippen LogP contribution is -2.29. The highest BCUT2D eigenvalue weighted by atomic mass is 35.5. The van der Waals surface area contributed by atoms with Crippen LogP contribution < -0.4 is 14.4 Å². The third-order valence-corrected chi connectivity index (χ3v) is 6.60. The van der Waals surface area contributed by atoms with Crippen molar-refractivity contribution < 1.29 is 13.2 Å². The lowest BCUT2D eigenvalue weighted by molar-refractivity contribution is 0.313. The molecule has 0 saturated heterocycles. The summed E-state index contributed by atoms with van der Waals surface area (Å²) in [6, 6.07) is 10.6. The van der Waals surface area contributed by atoms with E-state index in [4.69, 9.17) is 16.3 Å². The molecule has 9 heteroatoms. The molecule has 0 bridgehead atoms. The molecule has 2 aromatic carbocycles. The maximum Gasteiger partial charge on any atom is 0.263 e. The first-order valence-corrected chi connectivity index (χ1v) is 10.9. The van der Waals surface area contributed by atoms with E-state index in [0.29, 0.717) is 29.1 Å². The van der Waals surface area contributed by atoms with Crippen LogP contribution in [-0.2, 0) is 10.0 Å². The van der Waals surface area contributed by atoms with Gasteiger partial charge in [-0.25, -0.2) is 13.4 Å². The molecule has 4 rings (SSSR count). The van der Waals surface area contributed by atoms with Crippen molar-refractivity contribution in [2.24, 2.45) is 0 Å². The summed E-state index contributed by atoms with van der Waals surface area (Å²) in [4.78, 5) is 6.20. The molecule has 0 atom stereocenters. The van der Waals surface area contributed by atoms with E-state index in [1.807, 2.05) is 25.1 Å². The van der Waals surface area contributed by atoms with Gasteiger partial charge in [-0.1, -0.05) is 11.6 Å². The molecule has 0 fully saturated rings. The Balaban J connectivity index is 1.70. The Bertz CT molecular complexity index is 1090. The summed E-state index contributed by atoms with van der Waals surface area (Å²) in [5.74, 6) is 0.526. The Morgan fingerprint density at radius 3 is 2.78 bits per heavy atom. The summed E-state index contributed by atoms with van der Waals surface area (Å²) in [7, 11) is -3.73. The number of halogens is 1. The number of anilines is 3. The number of fused-ring (bicyclic) bond motifs is 1. The Morgan fingerprint density at radius 1 is 1.22 bits per heavy atom. The quantitative estimate of drug-likeness (QED) is 0.674. The van der Waals surface area contributed by atoms with Crippen LogP contribution in [0.3, 0.4) is 0 Å². The first-order valence-electron chi connectivity index (χ1n) is 8.17. The molecule has 0 aliphatic carbocycles. The predicted octanol–water partition coefficient (Wildman–Crippen LogP) is 4.44. The van der Waals surface area contributed by atoms with Crippen molar-refractivity contribution in [3.05, 3.63) is 58.6 Å². The Hall–Kier alpha value is -2.29. The number of aryl methyl sites for hydroxylation is 1. The highest BCUT2D eigenvalue weighted by Gasteiger charge is 2.24. The topological polar surface area (TPSA) is 71.5 Å². The average Bonchev–Trinajstić information content (AvgIpc) is 3.13. The highest BCUT2D eigenvalue weighted by molar-refractivity contribution is 7.93. The zero-order chi connectivity index (χ0) is 19.0. The number of hydrogen-bond acceptors (Lipinski definition) is 6. The molecular weight excluding hydrogens is 406 g/mol. The smallest absolute Gasteiger partial charge is 0.263 e. The molecule has 1 aliphatic heterocycles. The van der Waals surface area contributed by atoms with E-state index in [-0.39, 0.29) is 4.90 Å². The monoisotopic (exact) mass is 421 g/mol. The van der Waals surface area contributed by atoms with Gasteiger partial charge in [0.25, 0.3) is 10.0 Å². The number of aromatic nitrogens is 1. The second-order valence-electron chi connectivity index (χ2n) is 6.00. The third kappa shape index (κ3) is 3.60. The van der Waals surface area contributed by atoms with E-state index in [2.05, 4.69) is 14.6 Å². The number of benzene rings is 2. The SMILES string of the molecule is Cc1cc(Cl)ccc1N1CCOc2cc(S(=O)(=O)Nc3nccs3)ccc21. The van der Waals surface area contributed by atoms with Crippen LogP contribution >= 0.6 is 22.9 Å². The van der Waals surface area contributed by atoms with Crippen LogP contribution in [-0.4, -0.2) is 26.6 Å². The minimum atomic E-state index is -3.73. The van der Waals surface area contributed by atoms with E-state index in [9.17, 15) is 8.42 Å². The van der Waals surface area contributed by atoms with Crippen LogP contribution in [0.1, 0.15) is 5.56 Å². The fourth-order valence-electron chi connectivity index (χ4n) is 2.99. The van der Waals surface area contributed by atoms with Crippen molar-refractivity contribution in [3.8, 4) is 5.75 Å². The Kier molecular flexibility index (Phi) is 4.71. The fraction of sp³-hybridized carbons (Fsp3) is 0.167. The summed E-state index contributed by atoms with van der Waals surface area (Å²) >= 11 is 7.29. The molecule has 0 spiro atoms. The molecule has 140 valence electrons. The van der Waals surface area contributed by atoms with Crippen LogP contribution in [0, 0.1) is 6.92 Å². The molecule has 1 aliphatic rings. The van der Waals surface area contributed by atoms with Gasteiger partial charge in [0.15, 0.2) is 5.13 Å². The summed E-state index contributed by atoms with van der Waals surface area (Å²) in [5, 5.41) is 2.71. The maximum absolute atomic E-state index is 12.6. The number of sulfonamides is 1. The molecule has 6 nitrogen and oxygen atoms in total. The van der Waals surface area contributed by atoms with Gasteiger partial charge in [0.1, 0.15) is 12.4 Å². The standard InChI is InChI=1S/C18H16ClN3O3S2/c1-12-10-13(19)2-4-15(12)22-7-8-25-17-11-14(3-5-16(17)22)27(23,24)21-18-20-6-9-26-18/h2-6,9-11H,7-8H2,1H3,(H,20,21). The Morgan fingerprint density at radius 2 is 2.04 bits per heavy atom. The van der Waals surface area contributed by atoms with Crippen molar-refractivity contribution in [3.63, 3.8) is 0 Å². The maximum atomic E-state index is 12.6. The van der Waals surface area contributed by atoms with E-state index in [0.717, 1.165) is 16.9 Å². The normalized spacial score (nSPS) is 13.8. The van der Waals surface area contributed by atoms with Crippen LogP contribution in [0.4, 0.5) is 16.5 Å². The minimum Gasteiger partial charge on any atom is -0.489 e. The summed E-state index contributed by atoms with van der Waals surface area (Å²) < 4.78 is 33.4. The summed E-state index contributed by atoms with van der Waals surface area (Å²) in [6.45, 7) is 3.12. The molecule has 0 amide bonds. The van der Waals surface area contributed by atoms with Crippen molar-refractivity contribution in [2.75, 3.05) is 22.8 Å². The number of rotatable bonds is 4. The van der Waals surface area contributed by atoms with Gasteiger partial charge in [-0.3, -0.25) is 4.72 Å². The van der Waals surface area contributed by atoms with Crippen molar-refractivity contribution in [1.29, 1.82) is 0 Å². The summed E-state index contributed by atoms with van der Waals surface area (Å²) in [6.07, 6.45) is 1.55. The lowest BCUT2D eigenvalue weighted by Gasteiger charge is -2.32. The molecule has 2 heterocycles. The van der Waals surface area contributed by atoms with Gasteiger partial charge in [-0.15, -0.1) is 11.3 Å². The van der Waals surface area contributed by atoms with Gasteiger partial charge in [0.2, 0.25) is 0 Å². The zero-order valence-electron chi connectivity index (χ0n) is 14.3. The highest BCUT2D eigenvalue weighted by Crippen LogP contribution is 2.39. The van der Waals surface area contributed by atoms with Gasteiger partial charge in [0.05, 0.1) is 17.1 Å². The lowest BCUT2D eigenvalue weighted by atomic mass is 10.1. The minimum absolute atomic E-state index is 0.131. The molecule has 0 unspecified atom stereocenters. The van der Waals surface area contributed by atoms with E-state index in [1.165, 1.54) is 11.3 Å². The molecule has 3 aromatic rings. The second kappa shape index (κ2) is 7.03. The molecule has 0 saturated carbocycles. The van der Waals surface area contributed by atoms with Gasteiger partial charge in [0, 0.05) is 28.4 Å². The van der Waals surface area contributed by atoms with Crippen LogP contribution in [0.15, 0.2) is 52.9 Å². The fourth-order valence-corrected chi connectivity index (χ4v) is 5.02. The molecule has 1 N–H and O–H groups in total. The van der Waals surface area contributed by atoms with Crippen molar-refractivity contribution in [2.45, 2.75) is 11.8 Å². The van der Waals surface area contributed by atoms with Crippen molar-refractivity contribution >= 4 is 49.5 Å². The van der Waals surface area contributed by atoms with Gasteiger partial charge in [-0.05, 0) is 42.8 Å². The zero-order valence-corrected chi connectivity index (χ0v) is 16.7. The van der Waals surface area contributed by atoms with Crippen molar-refractivity contribution in [1.82, 2.24) is 4.98 Å². The van der Waals surface area contributed by atoms with Gasteiger partial charge in [-0.2, -0.15) is 0 Å². The summed E-state index contributed by atoms with van der Waals surface area (Å²) in [5.41, 5.74) is 2.87. The molecule has 27 heavy (non-hydrogen) atoms. The molecule has 0 radical (unpaired) electrons. The second-order valence-corrected chi connectivity index (χ2v) is 9.02. The number of nitrogens with zero attached hydrogens (tertiary/aromatic N) is 2. The Labute approximate surface area is 166 Å². The number of hydrogen-bond donors (Lipinski definition) is 1. The largest absolute Gasteiger partial charge is 0.489 e. The predicted molar refractivity (Wildman–Crippen MR) is 108 cm³/mol. The number of thiazole rings is 1. The molecule has 1 aromatic heterocycles. The van der Waals surface area contributed by atoms with Gasteiger partial charge >= 0.3 is 0 Å². The number of nitrogens with one attached hydrogen (secondary N) is 1. The first kappa shape index (κ1) is 18.1. The van der Waals surface area contributed by atoms with Crippen LogP contribution in [0.25, 0.3) is 0 Å². The third-order valence-electron chi connectivity index (χ3n) is 4.21. The van der Waals surface area contributed by atoms with E-state index >= 15 is 0 Å². The van der Waals surface area contributed by atoms with Crippen LogP contribution in [0.5, 0.6) is 5.75 Å². The first-order chi connectivity index (χ1) is 12.9. The van der Waals surface area contributed by atoms with Crippen LogP contribution in [0.2, 0.25) is 5.02 Å². The van der Waals surface area contributed by atoms with Gasteiger partial charge < -0.3 is 9.64 Å². The van der Waals surface area contributed by atoms with E-state index in [1.54, 1.807) is 29.8 Å². The molecular formula is C18H16ClN3O3S2. The number of ether oxygens (including phenoxy) is 1.